The molecular weight excluding hydrogens is 1330 g/mol. The maximum Gasteiger partial charge on any atom is 0.311 e. The minimum atomic E-state index is -1.17. The molecule has 95 heavy (non-hydrogen) atoms. The van der Waals surface area contributed by atoms with Crippen LogP contribution in [0.15, 0.2) is 33.0 Å². The predicted molar refractivity (Wildman–Crippen MR) is 327 cm³/mol. The van der Waals surface area contributed by atoms with E-state index in [2.05, 4.69) is 34.9 Å². The lowest BCUT2D eigenvalue weighted by atomic mass is 9.99. The number of carbonyl (C=O) groups is 10. The minimum Gasteiger partial charge on any atom is -0.465 e. The van der Waals surface area contributed by atoms with Gasteiger partial charge in [-0.15, -0.1) is 0 Å². The van der Waals surface area contributed by atoms with Crippen LogP contribution in [-0.4, -0.2) is 186 Å². The van der Waals surface area contributed by atoms with Crippen molar-refractivity contribution >= 4 is 143 Å². The zero-order chi connectivity index (χ0) is 69.4. The van der Waals surface area contributed by atoms with E-state index in [0.29, 0.717) is 15.0 Å². The molecule has 3 aliphatic rings. The largest absolute Gasteiger partial charge is 0.465 e. The Morgan fingerprint density at radius 2 is 0.747 bits per heavy atom. The van der Waals surface area contributed by atoms with E-state index < -0.39 is 143 Å². The molecular formula is C54H68N12O26S3. The number of hydrogen-bond acceptors (Lipinski definition) is 38. The average molecular weight is 1400 g/mol. The van der Waals surface area contributed by atoms with Crippen molar-refractivity contribution in [3.05, 3.63) is 47.6 Å². The summed E-state index contributed by atoms with van der Waals surface area (Å²) < 4.78 is 72.6. The number of nitrogen functional groups attached to an aromatic ring is 3. The van der Waals surface area contributed by atoms with Crippen LogP contribution in [0.25, 0.3) is 31.0 Å². The Kier molecular flexibility index (Phi) is 27.6. The first-order valence-electron chi connectivity index (χ1n) is 27.6. The Morgan fingerprint density at radius 3 is 1.11 bits per heavy atom. The van der Waals surface area contributed by atoms with Gasteiger partial charge in [0.05, 0.1) is 50.4 Å². The van der Waals surface area contributed by atoms with Crippen molar-refractivity contribution in [1.29, 1.82) is 0 Å². The number of carbonyl (C=O) groups excluding carboxylic acids is 10. The summed E-state index contributed by atoms with van der Waals surface area (Å²) in [4.78, 5) is 174. The number of aromatic amines is 1. The summed E-state index contributed by atoms with van der Waals surface area (Å²) >= 11 is 2.81. The number of hydrogen-bond donors (Lipinski definition) is 4. The van der Waals surface area contributed by atoms with Crippen LogP contribution in [0, 0.1) is 17.8 Å². The fourth-order valence-electron chi connectivity index (χ4n) is 9.26. The summed E-state index contributed by atoms with van der Waals surface area (Å²) in [5.41, 5.74) is 17.5. The summed E-state index contributed by atoms with van der Waals surface area (Å²) in [7, 11) is 0. The highest BCUT2D eigenvalue weighted by Gasteiger charge is 2.52. The van der Waals surface area contributed by atoms with Crippen LogP contribution < -0.4 is 31.8 Å². The molecule has 0 aliphatic carbocycles. The number of nitrogens with two attached hydrogens (primary N) is 3. The molecule has 7 N–H and O–H groups in total. The number of aromatic nitrogens is 9. The molecule has 12 atom stereocenters. The van der Waals surface area contributed by atoms with E-state index in [4.69, 9.17) is 78.8 Å². The van der Waals surface area contributed by atoms with E-state index >= 15 is 0 Å². The van der Waals surface area contributed by atoms with Crippen LogP contribution in [0.2, 0.25) is 0 Å². The van der Waals surface area contributed by atoms with Gasteiger partial charge in [0, 0.05) is 69.2 Å². The van der Waals surface area contributed by atoms with Crippen LogP contribution in [0.1, 0.15) is 89.1 Å². The Balaban J connectivity index is 0.000000239. The molecule has 38 nitrogen and oxygen atoms in total. The molecule has 3 saturated heterocycles. The van der Waals surface area contributed by atoms with Gasteiger partial charge in [-0.3, -0.25) is 76.4 Å². The van der Waals surface area contributed by atoms with Crippen molar-refractivity contribution in [1.82, 2.24) is 44.0 Å². The Morgan fingerprint density at radius 1 is 0.432 bits per heavy atom. The topological polar surface area (TPSA) is 523 Å². The molecule has 3 fully saturated rings. The summed E-state index contributed by atoms with van der Waals surface area (Å²) in [5.74, 6) is -7.75. The molecule has 9 heterocycles. The van der Waals surface area contributed by atoms with Gasteiger partial charge in [0.25, 0.3) is 0 Å². The van der Waals surface area contributed by atoms with Gasteiger partial charge in [-0.25, -0.2) is 15.0 Å². The smallest absolute Gasteiger partial charge is 0.311 e. The van der Waals surface area contributed by atoms with E-state index in [1.54, 1.807) is 0 Å². The SMILES string of the molecule is C.CC(=O)OC[C@@H]1[C@@H](COC(C)=O)OC(OC(C)=O)[C@@H]1OC(C)=O.CC(=O)OC[C@@H]1[C@@H](COC(C)=O)OC(n2c(=O)sc3cnc(N)nc32)[C@@H]1OC(C)=O.CC(=O)OC[C@@H]1[C@@H](COC(C)=O)OC(n2c(=O)sc3cnc(N)nc32)[C@@H]1OC(C)=O.Nc1ncc2sc(=O)[nH]c2n1. The third-order valence-electron chi connectivity index (χ3n) is 12.9. The second-order valence-electron chi connectivity index (χ2n) is 20.1. The van der Waals surface area contributed by atoms with E-state index in [-0.39, 0.29) is 81.1 Å². The molecule has 0 bridgehead atoms. The zero-order valence-electron chi connectivity index (χ0n) is 51.6. The van der Waals surface area contributed by atoms with Gasteiger partial charge >= 0.3 is 74.3 Å². The van der Waals surface area contributed by atoms with E-state index in [0.717, 1.165) is 38.7 Å². The molecule has 0 saturated carbocycles. The van der Waals surface area contributed by atoms with Gasteiger partial charge in [0.15, 0.2) is 47.7 Å². The van der Waals surface area contributed by atoms with Crippen molar-refractivity contribution in [2.75, 3.05) is 56.8 Å². The van der Waals surface area contributed by atoms with Gasteiger partial charge in [-0.1, -0.05) is 41.4 Å². The highest BCUT2D eigenvalue weighted by molar-refractivity contribution is 7.17. The van der Waals surface area contributed by atoms with Crippen molar-refractivity contribution in [3.8, 4) is 0 Å². The van der Waals surface area contributed by atoms with E-state index in [1.165, 1.54) is 97.0 Å². The minimum absolute atomic E-state index is 0. The molecule has 9 rings (SSSR count). The number of anilines is 3. The first-order valence-corrected chi connectivity index (χ1v) is 30.1. The lowest BCUT2D eigenvalue weighted by Crippen LogP contribution is -2.38. The first-order chi connectivity index (χ1) is 44.3. The Bertz CT molecular complexity index is 3800. The summed E-state index contributed by atoms with van der Waals surface area (Å²) in [5, 5.41) is 0. The number of esters is 10. The highest BCUT2D eigenvalue weighted by Crippen LogP contribution is 2.40. The standard InChI is InChI=1S/2C17H20N4O8S.C14H20O9.C5H4N4OS.CH4/c2*1-7(22)26-5-10-11(6-27-8(2)23)29-15(13(10)28-9(3)24)21-14-12(30-17(21)25)4-19-16(18)20-14;1-7(15)19-5-11-12(6-20-8(2)16)23-14(22-10(4)18)13(11)21-9(3)17;6-4-7-1-2-3(8-4)9-5(10)11-2;/h2*4,10-11,13,15H,5-6H2,1-3H3,(H2,18,19,20);11-14H,5-6H2,1-4H3;1H,(H3,6,7,8,9,10);1H4/t2*10-,11-,13-,15?;11-,12-,13-,14?;;/m111../s1. The summed E-state index contributed by atoms with van der Waals surface area (Å²) in [6, 6.07) is 0. The number of H-pyrrole nitrogens is 1. The monoisotopic (exact) mass is 1400 g/mol. The number of fused-ring (bicyclic) bond motifs is 3. The molecule has 0 amide bonds. The van der Waals surface area contributed by atoms with Crippen molar-refractivity contribution < 1.29 is 110 Å². The highest BCUT2D eigenvalue weighted by atomic mass is 32.1. The molecule has 41 heteroatoms. The predicted octanol–water partition coefficient (Wildman–Crippen LogP) is 0.560. The van der Waals surface area contributed by atoms with Crippen molar-refractivity contribution in [2.45, 2.75) is 132 Å². The first kappa shape index (κ1) is 76.0. The van der Waals surface area contributed by atoms with Crippen LogP contribution in [0.5, 0.6) is 0 Å². The number of thiazole rings is 3. The molecule has 518 valence electrons. The number of rotatable bonds is 18. The molecule has 6 aromatic heterocycles. The van der Waals surface area contributed by atoms with Gasteiger partial charge in [-0.05, 0) is 0 Å². The fourth-order valence-corrected chi connectivity index (χ4v) is 11.5. The van der Waals surface area contributed by atoms with Crippen molar-refractivity contribution in [2.24, 2.45) is 17.8 Å². The number of ether oxygens (including phenoxy) is 13. The molecule has 3 unspecified atom stereocenters. The third-order valence-corrected chi connectivity index (χ3v) is 15.5. The quantitative estimate of drug-likeness (QED) is 0.0674. The summed E-state index contributed by atoms with van der Waals surface area (Å²) in [6.07, 6.45) is -4.45. The second kappa shape index (κ2) is 34.4. The molecule has 3 aliphatic heterocycles. The maximum absolute atomic E-state index is 12.7. The van der Waals surface area contributed by atoms with Gasteiger partial charge < -0.3 is 78.8 Å². The molecule has 6 aromatic rings. The normalized spacial score (nSPS) is 22.3. The lowest BCUT2D eigenvalue weighted by molar-refractivity contribution is -0.197. The van der Waals surface area contributed by atoms with Crippen LogP contribution in [0.4, 0.5) is 17.8 Å². The van der Waals surface area contributed by atoms with Gasteiger partial charge in [-0.2, -0.15) is 15.0 Å². The molecule has 0 radical (unpaired) electrons. The average Bonchev–Trinajstić information content (AvgIpc) is 1.62. The maximum atomic E-state index is 12.7. The Labute approximate surface area is 548 Å². The molecule has 0 aromatic carbocycles. The number of nitrogens with zero attached hydrogens (tertiary/aromatic N) is 8. The van der Waals surface area contributed by atoms with Crippen molar-refractivity contribution in [3.63, 3.8) is 0 Å². The van der Waals surface area contributed by atoms with Crippen LogP contribution in [0.3, 0.4) is 0 Å². The van der Waals surface area contributed by atoms with Crippen LogP contribution >= 0.6 is 34.0 Å². The number of nitrogens with one attached hydrogen (secondary N) is 1. The van der Waals surface area contributed by atoms with E-state index in [9.17, 15) is 62.3 Å². The Hall–Kier alpha value is -9.71. The van der Waals surface area contributed by atoms with E-state index in [1.807, 2.05) is 0 Å². The van der Waals surface area contributed by atoms with Gasteiger partial charge in [0.2, 0.25) is 24.1 Å². The lowest BCUT2D eigenvalue weighted by Gasteiger charge is -2.23. The van der Waals surface area contributed by atoms with Crippen LogP contribution in [-0.2, 0) is 110 Å². The summed E-state index contributed by atoms with van der Waals surface area (Å²) in [6.45, 7) is 11.1. The third kappa shape index (κ3) is 21.4. The second-order valence-corrected chi connectivity index (χ2v) is 23.1. The fraction of sp³-hybridized carbons (Fsp3) is 0.537. The van der Waals surface area contributed by atoms with Gasteiger partial charge in [0.1, 0.15) is 58.0 Å². The zero-order valence-corrected chi connectivity index (χ0v) is 54.0. The molecule has 0 spiro atoms.